The number of hydrogen-bond acceptors (Lipinski definition) is 11. The van der Waals surface area contributed by atoms with Crippen LogP contribution in [0.4, 0.5) is 9.59 Å². The molecule has 3 aliphatic heterocycles. The monoisotopic (exact) mass is 946 g/mol. The van der Waals surface area contributed by atoms with Gasteiger partial charge in [-0.3, -0.25) is 9.59 Å². The molecular formula is C52H66N8O9. The molecule has 0 bridgehead atoms. The molecule has 5 heterocycles. The van der Waals surface area contributed by atoms with Gasteiger partial charge in [-0.2, -0.15) is 0 Å². The molecule has 0 radical (unpaired) electrons. The summed E-state index contributed by atoms with van der Waals surface area (Å²) in [5.74, 6) is 1.90. The first-order chi connectivity index (χ1) is 33.2. The molecule has 0 saturated carbocycles. The van der Waals surface area contributed by atoms with Crippen molar-refractivity contribution in [3.63, 3.8) is 0 Å². The number of ether oxygens (including phenoxy) is 5. The van der Waals surface area contributed by atoms with E-state index < -0.39 is 36.4 Å². The number of H-pyrrole nitrogens is 2. The second-order valence-electron chi connectivity index (χ2n) is 18.7. The number of methoxy groups -OCH3 is 2. The van der Waals surface area contributed by atoms with E-state index in [1.54, 1.807) is 6.20 Å². The average Bonchev–Trinajstić information content (AvgIpc) is 4.05. The molecule has 2 aromatic heterocycles. The first kappa shape index (κ1) is 48.8. The highest BCUT2D eigenvalue weighted by atomic mass is 16.5. The number of amides is 4. The number of imidazole rings is 2. The zero-order valence-corrected chi connectivity index (χ0v) is 41.0. The second-order valence-corrected chi connectivity index (χ2v) is 18.7. The van der Waals surface area contributed by atoms with E-state index in [2.05, 4.69) is 57.5 Å². The Bertz CT molecular complexity index is 2710. The first-order valence-electron chi connectivity index (χ1n) is 24.2. The van der Waals surface area contributed by atoms with Crippen LogP contribution < -0.4 is 15.4 Å². The molecule has 8 rings (SSSR count). The topological polar surface area (TPSA) is 202 Å². The van der Waals surface area contributed by atoms with E-state index in [0.29, 0.717) is 82.4 Å². The van der Waals surface area contributed by atoms with Crippen LogP contribution in [0, 0.1) is 11.8 Å². The van der Waals surface area contributed by atoms with E-state index in [9.17, 15) is 19.2 Å². The van der Waals surface area contributed by atoms with Crippen LogP contribution in [0.5, 0.6) is 5.75 Å². The van der Waals surface area contributed by atoms with Crippen molar-refractivity contribution in [2.45, 2.75) is 123 Å². The van der Waals surface area contributed by atoms with Crippen molar-refractivity contribution in [3.8, 4) is 28.1 Å². The number of nitrogens with one attached hydrogen (secondary N) is 4. The van der Waals surface area contributed by atoms with E-state index in [-0.39, 0.29) is 35.7 Å². The van der Waals surface area contributed by atoms with Crippen molar-refractivity contribution in [2.24, 2.45) is 11.8 Å². The molecular weight excluding hydrogens is 881 g/mol. The second kappa shape index (κ2) is 20.9. The number of benzene rings is 3. The number of nitrogens with zero attached hydrogens (tertiary/aromatic N) is 4. The van der Waals surface area contributed by atoms with E-state index in [1.165, 1.54) is 14.2 Å². The van der Waals surface area contributed by atoms with Gasteiger partial charge in [0.25, 0.3) is 0 Å². The number of hydrogen-bond donors (Lipinski definition) is 4. The Labute approximate surface area is 403 Å². The highest BCUT2D eigenvalue weighted by Gasteiger charge is 2.41. The molecule has 69 heavy (non-hydrogen) atoms. The van der Waals surface area contributed by atoms with Crippen molar-refractivity contribution in [3.05, 3.63) is 78.2 Å². The van der Waals surface area contributed by atoms with E-state index in [0.717, 1.165) is 55.5 Å². The van der Waals surface area contributed by atoms with Crippen LogP contribution in [0.1, 0.15) is 109 Å². The lowest BCUT2D eigenvalue weighted by Crippen LogP contribution is -2.55. The minimum Gasteiger partial charge on any atom is -0.499 e. The number of carbonyl (C=O) groups is 4. The summed E-state index contributed by atoms with van der Waals surface area (Å²) in [5.41, 5.74) is 6.37. The van der Waals surface area contributed by atoms with Gasteiger partial charge in [-0.25, -0.2) is 19.6 Å². The number of rotatable bonds is 15. The third-order valence-electron chi connectivity index (χ3n) is 14.5. The Morgan fingerprint density at radius 1 is 0.783 bits per heavy atom. The van der Waals surface area contributed by atoms with Crippen LogP contribution >= 0.6 is 0 Å². The van der Waals surface area contributed by atoms with E-state index in [4.69, 9.17) is 33.7 Å². The van der Waals surface area contributed by atoms with Gasteiger partial charge in [-0.15, -0.1) is 0 Å². The van der Waals surface area contributed by atoms with Gasteiger partial charge >= 0.3 is 12.2 Å². The summed E-state index contributed by atoms with van der Waals surface area (Å²) >= 11 is 0. The minimum absolute atomic E-state index is 0.0856. The molecule has 0 spiro atoms. The van der Waals surface area contributed by atoms with Gasteiger partial charge in [0.2, 0.25) is 11.8 Å². The van der Waals surface area contributed by atoms with Gasteiger partial charge < -0.3 is 54.1 Å². The summed E-state index contributed by atoms with van der Waals surface area (Å²) in [4.78, 5) is 74.7. The highest BCUT2D eigenvalue weighted by Crippen LogP contribution is 2.43. The van der Waals surface area contributed by atoms with Crippen molar-refractivity contribution < 1.29 is 42.9 Å². The Morgan fingerprint density at radius 3 is 2.06 bits per heavy atom. The Hall–Kier alpha value is -6.62. The van der Waals surface area contributed by atoms with Crippen molar-refractivity contribution in [1.29, 1.82) is 0 Å². The molecule has 7 atom stereocenters. The molecule has 17 heteroatoms. The lowest BCUT2D eigenvalue weighted by molar-refractivity contribution is -0.141. The SMILES string of the molecule is C=C1CC([C@H](NC(=O)OC)C(=O)N([C@@H](C)CC)[C@@H](C)c2nc3c(ccc4cc5c(cc43)OCc3cc(-c4cnc([C@H](C)N(C(=O)C(NC(=O)OC)C6CCOCC6)[C@@H](C)CC)[nH]4)ccc3-5)[nH]2)CCO1. The summed E-state index contributed by atoms with van der Waals surface area (Å²) in [6.07, 6.45) is 4.23. The molecule has 17 nitrogen and oxygen atoms in total. The highest BCUT2D eigenvalue weighted by molar-refractivity contribution is 6.07. The van der Waals surface area contributed by atoms with Crippen LogP contribution in [0.15, 0.2) is 61.0 Å². The van der Waals surface area contributed by atoms with Crippen molar-refractivity contribution in [2.75, 3.05) is 34.0 Å². The third-order valence-corrected chi connectivity index (χ3v) is 14.5. The fourth-order valence-electron chi connectivity index (χ4n) is 10.2. The molecule has 2 unspecified atom stereocenters. The van der Waals surface area contributed by atoms with E-state index >= 15 is 0 Å². The smallest absolute Gasteiger partial charge is 0.407 e. The van der Waals surface area contributed by atoms with Gasteiger partial charge in [0.15, 0.2) is 0 Å². The average molecular weight is 947 g/mol. The summed E-state index contributed by atoms with van der Waals surface area (Å²) in [7, 11) is 2.59. The zero-order chi connectivity index (χ0) is 49.1. The predicted molar refractivity (Wildman–Crippen MR) is 261 cm³/mol. The summed E-state index contributed by atoms with van der Waals surface area (Å²) in [5, 5.41) is 7.57. The summed E-state index contributed by atoms with van der Waals surface area (Å²) in [6.45, 7) is 17.8. The first-order valence-corrected chi connectivity index (χ1v) is 24.2. The Morgan fingerprint density at radius 2 is 1.42 bits per heavy atom. The fourth-order valence-corrected chi connectivity index (χ4v) is 10.2. The number of fused-ring (bicyclic) bond motifs is 6. The van der Waals surface area contributed by atoms with Crippen LogP contribution in [-0.2, 0) is 35.1 Å². The van der Waals surface area contributed by atoms with Gasteiger partial charge in [0.05, 0.1) is 61.6 Å². The Balaban J connectivity index is 1.04. The molecule has 3 aliphatic rings. The quantitative estimate of drug-likeness (QED) is 0.0781. The Kier molecular flexibility index (Phi) is 14.8. The summed E-state index contributed by atoms with van der Waals surface area (Å²) < 4.78 is 27.5. The van der Waals surface area contributed by atoms with Crippen molar-refractivity contribution >= 4 is 45.8 Å². The van der Waals surface area contributed by atoms with Crippen LogP contribution in [0.2, 0.25) is 0 Å². The molecule has 4 N–H and O–H groups in total. The zero-order valence-electron chi connectivity index (χ0n) is 41.0. The maximum atomic E-state index is 14.6. The molecule has 3 aromatic carbocycles. The molecule has 0 aliphatic carbocycles. The maximum Gasteiger partial charge on any atom is 0.407 e. The number of alkyl carbamates (subject to hydrolysis) is 2. The van der Waals surface area contributed by atoms with Gasteiger partial charge in [-0.05, 0) is 118 Å². The third kappa shape index (κ3) is 9.96. The maximum absolute atomic E-state index is 14.6. The molecule has 4 amide bonds. The number of allylic oxidation sites excluding steroid dienone is 1. The fraction of sp³-hybridized carbons (Fsp3) is 0.500. The van der Waals surface area contributed by atoms with Gasteiger partial charge in [0.1, 0.15) is 36.1 Å². The normalized spacial score (nSPS) is 18.6. The van der Waals surface area contributed by atoms with Gasteiger partial charge in [0, 0.05) is 42.7 Å². The lowest BCUT2D eigenvalue weighted by atomic mass is 9.89. The van der Waals surface area contributed by atoms with Crippen LogP contribution in [-0.4, -0.2) is 112 Å². The lowest BCUT2D eigenvalue weighted by Gasteiger charge is -2.39. The summed E-state index contributed by atoms with van der Waals surface area (Å²) in [6, 6.07) is 11.8. The van der Waals surface area contributed by atoms with E-state index in [1.807, 2.05) is 63.5 Å². The van der Waals surface area contributed by atoms with Crippen LogP contribution in [0.3, 0.4) is 0 Å². The minimum atomic E-state index is -0.842. The number of aromatic nitrogens is 4. The predicted octanol–water partition coefficient (Wildman–Crippen LogP) is 8.86. The molecule has 2 fully saturated rings. The molecule has 368 valence electrons. The standard InChI is InChI=1S/C52H66N8O9/c1-10-28(3)59(49(61)44(57-51(63)65-8)33-16-19-67-20-17-33)31(6)47-53-26-42(55-47)35-12-14-38-37(23-35)27-69-43-25-39-34(24-40(38)43)13-15-41-46(39)56-48(54-41)32(7)60(29(4)11-2)50(62)45(58-52(64)66-9)36-18-21-68-30(5)22-36/h12-15,23-26,28-29,31-33,36,44-45H,5,10-11,16-22,27H2,1-4,6-9H3,(H,53,55)(H,54,56)(H,57,63)(H,58,64)/t28-,29-,31-,32-,36?,44?,45-/m0/s1. The number of carbonyl (C=O) groups excluding carboxylic acids is 4. The van der Waals surface area contributed by atoms with Crippen LogP contribution in [0.25, 0.3) is 44.2 Å². The molecule has 5 aromatic rings. The number of aromatic amines is 2. The largest absolute Gasteiger partial charge is 0.499 e. The molecule has 2 saturated heterocycles. The van der Waals surface area contributed by atoms with Crippen molar-refractivity contribution in [1.82, 2.24) is 40.4 Å². The van der Waals surface area contributed by atoms with Gasteiger partial charge in [-0.1, -0.05) is 38.6 Å².